The highest BCUT2D eigenvalue weighted by Gasteiger charge is 2.32. The molecule has 0 aliphatic heterocycles. The molecule has 0 radical (unpaired) electrons. The largest absolute Gasteiger partial charge is 0.481 e. The Bertz CT molecular complexity index is 343. The van der Waals surface area contributed by atoms with Crippen LogP contribution in [0.3, 0.4) is 0 Å². The molecule has 1 rings (SSSR count). The summed E-state index contributed by atoms with van der Waals surface area (Å²) in [7, 11) is 0. The standard InChI is InChI=1S/C9H17NO2.ClH/c10-7-9(6-8(11)12)4-2-1-3-5-9;/h1-7,10H2,(H,11,12);1H/i1D2,2D2,3D2;. The van der Waals surface area contributed by atoms with Gasteiger partial charge in [0, 0.05) is 8.22 Å². The first kappa shape index (κ1) is 5.56. The van der Waals surface area contributed by atoms with E-state index in [2.05, 4.69) is 0 Å². The molecule has 78 valence electrons. The lowest BCUT2D eigenvalue weighted by molar-refractivity contribution is -0.140. The van der Waals surface area contributed by atoms with E-state index in [1.165, 1.54) is 0 Å². The predicted molar refractivity (Wildman–Crippen MR) is 54.1 cm³/mol. The molecule has 0 aromatic carbocycles. The first-order valence-corrected chi connectivity index (χ1v) is 3.81. The van der Waals surface area contributed by atoms with Crippen LogP contribution in [0.4, 0.5) is 0 Å². The minimum Gasteiger partial charge on any atom is -0.481 e. The lowest BCUT2D eigenvalue weighted by atomic mass is 9.72. The summed E-state index contributed by atoms with van der Waals surface area (Å²) in [4.78, 5) is 10.8. The quantitative estimate of drug-likeness (QED) is 0.752. The second-order valence-electron chi connectivity index (χ2n) is 3.11. The van der Waals surface area contributed by atoms with Gasteiger partial charge in [-0.05, 0) is 24.8 Å². The lowest BCUT2D eigenvalue weighted by Crippen LogP contribution is -2.34. The zero-order valence-electron chi connectivity index (χ0n) is 13.2. The van der Waals surface area contributed by atoms with Gasteiger partial charge in [0.1, 0.15) is 0 Å². The van der Waals surface area contributed by atoms with Crippen molar-refractivity contribution in [2.75, 3.05) is 6.54 Å². The van der Waals surface area contributed by atoms with Gasteiger partial charge in [-0.15, -0.1) is 12.4 Å². The molecule has 0 aromatic heterocycles. The van der Waals surface area contributed by atoms with Crippen LogP contribution < -0.4 is 5.73 Å². The van der Waals surface area contributed by atoms with Crippen LogP contribution >= 0.6 is 12.4 Å². The molecule has 0 unspecified atom stereocenters. The van der Waals surface area contributed by atoms with Gasteiger partial charge in [-0.25, -0.2) is 0 Å². The van der Waals surface area contributed by atoms with Crippen molar-refractivity contribution in [3.05, 3.63) is 0 Å². The van der Waals surface area contributed by atoms with E-state index >= 15 is 0 Å². The van der Waals surface area contributed by atoms with Crippen LogP contribution in [0, 0.1) is 5.41 Å². The van der Waals surface area contributed by atoms with Gasteiger partial charge in [-0.1, -0.05) is 19.1 Å². The van der Waals surface area contributed by atoms with Crippen molar-refractivity contribution in [1.82, 2.24) is 0 Å². The summed E-state index contributed by atoms with van der Waals surface area (Å²) in [6.45, 7) is -0.186. The average molecular weight is 214 g/mol. The predicted octanol–water partition coefficient (Wildman–Crippen LogP) is 1.79. The van der Waals surface area contributed by atoms with E-state index in [0.29, 0.717) is 0 Å². The number of nitrogens with two attached hydrogens (primary N) is 1. The van der Waals surface area contributed by atoms with E-state index in [-0.39, 0.29) is 19.0 Å². The summed E-state index contributed by atoms with van der Waals surface area (Å²) in [5.74, 6) is -1.19. The van der Waals surface area contributed by atoms with E-state index in [9.17, 15) is 4.79 Å². The van der Waals surface area contributed by atoms with E-state index in [1.54, 1.807) is 0 Å². The fourth-order valence-electron chi connectivity index (χ4n) is 1.25. The fraction of sp³-hybridized carbons (Fsp3) is 0.889. The number of hydrogen-bond donors (Lipinski definition) is 2. The molecule has 0 saturated heterocycles. The molecule has 0 spiro atoms. The third-order valence-electron chi connectivity index (χ3n) is 2.06. The van der Waals surface area contributed by atoms with Gasteiger partial charge in [0.15, 0.2) is 0 Å². The molecule has 1 aliphatic rings. The number of rotatable bonds is 3. The average Bonchev–Trinajstić information content (AvgIpc) is 2.12. The highest BCUT2D eigenvalue weighted by Crippen LogP contribution is 2.38. The number of aliphatic carboxylic acids is 1. The number of carboxylic acid groups (broad SMARTS) is 1. The van der Waals surface area contributed by atoms with Gasteiger partial charge in [-0.2, -0.15) is 0 Å². The van der Waals surface area contributed by atoms with Crippen molar-refractivity contribution in [2.45, 2.75) is 38.4 Å². The smallest absolute Gasteiger partial charge is 0.303 e. The molecule has 1 fully saturated rings. The molecule has 4 heteroatoms. The van der Waals surface area contributed by atoms with Gasteiger partial charge in [0.25, 0.3) is 0 Å². The maximum atomic E-state index is 10.8. The van der Waals surface area contributed by atoms with Crippen LogP contribution in [0.15, 0.2) is 0 Å². The van der Waals surface area contributed by atoms with Crippen LogP contribution in [0.5, 0.6) is 0 Å². The SMILES string of the molecule is Cl.[2H]C1([2H])CC(CN)(CC(=O)O)CC([2H])([2H])C1([2H])[2H]. The second kappa shape index (κ2) is 5.45. The molecule has 1 saturated carbocycles. The van der Waals surface area contributed by atoms with Crippen molar-refractivity contribution in [1.29, 1.82) is 0 Å². The summed E-state index contributed by atoms with van der Waals surface area (Å²) in [6, 6.07) is 0. The van der Waals surface area contributed by atoms with Crippen LogP contribution in [0.1, 0.15) is 46.6 Å². The molecule has 0 atom stereocenters. The number of carboxylic acids is 1. The molecule has 1 aliphatic carbocycles. The highest BCUT2D eigenvalue weighted by molar-refractivity contribution is 5.85. The van der Waals surface area contributed by atoms with Crippen molar-refractivity contribution >= 4 is 18.4 Å². The van der Waals surface area contributed by atoms with Gasteiger partial charge >= 0.3 is 5.97 Å². The summed E-state index contributed by atoms with van der Waals surface area (Å²) >= 11 is 0. The zero-order valence-corrected chi connectivity index (χ0v) is 7.99. The monoisotopic (exact) mass is 213 g/mol. The van der Waals surface area contributed by atoms with E-state index in [0.717, 1.165) is 0 Å². The van der Waals surface area contributed by atoms with Crippen LogP contribution in [-0.2, 0) is 4.79 Å². The third kappa shape index (κ3) is 3.53. The van der Waals surface area contributed by atoms with Gasteiger partial charge in [0.05, 0.1) is 6.42 Å². The number of halogens is 1. The normalized spacial score (nSPS) is 38.8. The molecule has 3 N–H and O–H groups in total. The summed E-state index contributed by atoms with van der Waals surface area (Å²) in [6.07, 6.45) is -8.83. The third-order valence-corrected chi connectivity index (χ3v) is 2.06. The Labute approximate surface area is 93.5 Å². The van der Waals surface area contributed by atoms with Gasteiger partial charge < -0.3 is 10.8 Å². The minimum atomic E-state index is -2.67. The van der Waals surface area contributed by atoms with Crippen LogP contribution in [-0.4, -0.2) is 17.6 Å². The minimum absolute atomic E-state index is 0. The topological polar surface area (TPSA) is 63.3 Å². The number of hydrogen-bond acceptors (Lipinski definition) is 2. The Morgan fingerprint density at radius 2 is 2.00 bits per heavy atom. The fourth-order valence-corrected chi connectivity index (χ4v) is 1.25. The van der Waals surface area contributed by atoms with E-state index in [4.69, 9.17) is 19.1 Å². The highest BCUT2D eigenvalue weighted by atomic mass is 35.5. The molecule has 0 heterocycles. The molecule has 0 aromatic rings. The Morgan fingerprint density at radius 3 is 2.38 bits per heavy atom. The van der Waals surface area contributed by atoms with Crippen molar-refractivity contribution in [2.24, 2.45) is 11.1 Å². The second-order valence-corrected chi connectivity index (χ2v) is 3.11. The summed E-state index contributed by atoms with van der Waals surface area (Å²) in [5, 5.41) is 8.84. The Hall–Kier alpha value is -0.280. The Balaban J connectivity index is 0.00000324. The summed E-state index contributed by atoms with van der Waals surface area (Å²) in [5.41, 5.74) is 4.25. The van der Waals surface area contributed by atoms with Crippen molar-refractivity contribution in [3.8, 4) is 0 Å². The van der Waals surface area contributed by atoms with Crippen LogP contribution in [0.25, 0.3) is 0 Å². The molecular formula is C9H18ClNO2. The van der Waals surface area contributed by atoms with Crippen molar-refractivity contribution in [3.63, 3.8) is 0 Å². The number of carbonyl (C=O) groups is 1. The maximum absolute atomic E-state index is 10.8. The Morgan fingerprint density at radius 1 is 1.46 bits per heavy atom. The van der Waals surface area contributed by atoms with E-state index < -0.39 is 49.8 Å². The maximum Gasteiger partial charge on any atom is 0.303 e. The Kier molecular flexibility index (Phi) is 2.33. The molecular weight excluding hydrogens is 190 g/mol. The van der Waals surface area contributed by atoms with Crippen molar-refractivity contribution < 1.29 is 18.1 Å². The first-order valence-electron chi connectivity index (χ1n) is 6.81. The zero-order chi connectivity index (χ0) is 14.4. The molecule has 3 nitrogen and oxygen atoms in total. The van der Waals surface area contributed by atoms with Gasteiger partial charge in [0.2, 0.25) is 0 Å². The van der Waals surface area contributed by atoms with Crippen LogP contribution in [0.2, 0.25) is 0 Å². The summed E-state index contributed by atoms with van der Waals surface area (Å²) < 4.78 is 46.0. The van der Waals surface area contributed by atoms with E-state index in [1.807, 2.05) is 0 Å². The molecule has 0 amide bonds. The van der Waals surface area contributed by atoms with Gasteiger partial charge in [-0.3, -0.25) is 4.79 Å². The first-order chi connectivity index (χ1) is 7.89. The molecule has 13 heavy (non-hydrogen) atoms. The lowest BCUT2D eigenvalue weighted by Gasteiger charge is -2.34. The molecule has 0 bridgehead atoms.